The molecule has 0 fully saturated rings. The zero-order valence-corrected chi connectivity index (χ0v) is 9.21. The van der Waals surface area contributed by atoms with Gasteiger partial charge < -0.3 is 10.4 Å². The summed E-state index contributed by atoms with van der Waals surface area (Å²) in [4.78, 5) is 19.5. The standard InChI is InChI=1S/C12H11N3O2/c1-8-6-13-5-3-10(8)15-12(17)9-2-4-14-7-11(9)16/h2-7,16H,1H3,(H,13,15,17). The molecule has 2 rings (SSSR count). The fraction of sp³-hybridized carbons (Fsp3) is 0.0833. The van der Waals surface area contributed by atoms with Crippen molar-refractivity contribution in [3.63, 3.8) is 0 Å². The molecule has 0 aliphatic heterocycles. The van der Waals surface area contributed by atoms with Crippen LogP contribution < -0.4 is 5.32 Å². The molecule has 5 heteroatoms. The molecule has 0 aromatic carbocycles. The number of amides is 1. The van der Waals surface area contributed by atoms with E-state index >= 15 is 0 Å². The lowest BCUT2D eigenvalue weighted by atomic mass is 10.2. The highest BCUT2D eigenvalue weighted by molar-refractivity contribution is 6.06. The Bertz CT molecular complexity index is 555. The van der Waals surface area contributed by atoms with Crippen LogP contribution in [0.1, 0.15) is 15.9 Å². The molecule has 0 aliphatic carbocycles. The molecule has 2 heterocycles. The van der Waals surface area contributed by atoms with Crippen molar-refractivity contribution in [2.75, 3.05) is 5.32 Å². The molecule has 0 spiro atoms. The van der Waals surface area contributed by atoms with Gasteiger partial charge in [0.2, 0.25) is 0 Å². The summed E-state index contributed by atoms with van der Waals surface area (Å²) < 4.78 is 0. The monoisotopic (exact) mass is 229 g/mol. The number of carbonyl (C=O) groups is 1. The molecule has 0 saturated heterocycles. The van der Waals surface area contributed by atoms with Crippen molar-refractivity contribution < 1.29 is 9.90 Å². The maximum Gasteiger partial charge on any atom is 0.259 e. The van der Waals surface area contributed by atoms with Gasteiger partial charge in [-0.1, -0.05) is 0 Å². The van der Waals surface area contributed by atoms with E-state index in [4.69, 9.17) is 0 Å². The average Bonchev–Trinajstić information content (AvgIpc) is 2.32. The minimum Gasteiger partial charge on any atom is -0.505 e. The third kappa shape index (κ3) is 2.39. The number of nitrogens with zero attached hydrogens (tertiary/aromatic N) is 2. The fourth-order valence-corrected chi connectivity index (χ4v) is 1.38. The molecule has 0 bridgehead atoms. The number of hydrogen-bond acceptors (Lipinski definition) is 4. The van der Waals surface area contributed by atoms with E-state index in [1.807, 2.05) is 6.92 Å². The number of aromatic nitrogens is 2. The molecule has 0 atom stereocenters. The number of hydrogen-bond donors (Lipinski definition) is 2. The van der Waals surface area contributed by atoms with Gasteiger partial charge >= 0.3 is 0 Å². The molecule has 86 valence electrons. The van der Waals surface area contributed by atoms with Crippen LogP contribution in [-0.2, 0) is 0 Å². The summed E-state index contributed by atoms with van der Waals surface area (Å²) in [5, 5.41) is 12.2. The van der Waals surface area contributed by atoms with Gasteiger partial charge in [0.25, 0.3) is 5.91 Å². The number of anilines is 1. The maximum atomic E-state index is 11.9. The second kappa shape index (κ2) is 4.61. The normalized spacial score (nSPS) is 9.94. The van der Waals surface area contributed by atoms with E-state index < -0.39 is 0 Å². The predicted molar refractivity (Wildman–Crippen MR) is 62.8 cm³/mol. The summed E-state index contributed by atoms with van der Waals surface area (Å²) >= 11 is 0. The van der Waals surface area contributed by atoms with Crippen LogP contribution in [0.15, 0.2) is 36.9 Å². The van der Waals surface area contributed by atoms with Crippen LogP contribution in [-0.4, -0.2) is 21.0 Å². The van der Waals surface area contributed by atoms with Crippen molar-refractivity contribution in [3.8, 4) is 5.75 Å². The van der Waals surface area contributed by atoms with Crippen LogP contribution >= 0.6 is 0 Å². The minimum atomic E-state index is -0.376. The zero-order valence-electron chi connectivity index (χ0n) is 9.21. The van der Waals surface area contributed by atoms with Crippen LogP contribution in [0, 0.1) is 6.92 Å². The van der Waals surface area contributed by atoms with Crippen LogP contribution in [0.25, 0.3) is 0 Å². The van der Waals surface area contributed by atoms with E-state index in [0.717, 1.165) is 5.56 Å². The lowest BCUT2D eigenvalue weighted by Crippen LogP contribution is -2.13. The van der Waals surface area contributed by atoms with Crippen molar-refractivity contribution >= 4 is 11.6 Å². The largest absolute Gasteiger partial charge is 0.505 e. The maximum absolute atomic E-state index is 11.9. The summed E-state index contributed by atoms with van der Waals surface area (Å²) in [6.45, 7) is 1.84. The molecule has 2 aromatic heterocycles. The van der Waals surface area contributed by atoms with Crippen molar-refractivity contribution in [2.45, 2.75) is 6.92 Å². The second-order valence-corrected chi connectivity index (χ2v) is 3.54. The van der Waals surface area contributed by atoms with E-state index in [1.165, 1.54) is 18.5 Å². The lowest BCUT2D eigenvalue weighted by Gasteiger charge is -2.08. The summed E-state index contributed by atoms with van der Waals surface area (Å²) in [6.07, 6.45) is 5.93. The molecule has 2 N–H and O–H groups in total. The molecule has 2 aromatic rings. The number of rotatable bonds is 2. The Hall–Kier alpha value is -2.43. The van der Waals surface area contributed by atoms with E-state index in [-0.39, 0.29) is 17.2 Å². The molecule has 5 nitrogen and oxygen atoms in total. The number of pyridine rings is 2. The highest BCUT2D eigenvalue weighted by atomic mass is 16.3. The number of aryl methyl sites for hydroxylation is 1. The molecule has 1 amide bonds. The summed E-state index contributed by atoms with van der Waals surface area (Å²) in [7, 11) is 0. The lowest BCUT2D eigenvalue weighted by molar-refractivity contribution is 0.102. The first-order chi connectivity index (χ1) is 8.18. The van der Waals surface area contributed by atoms with Crippen LogP contribution in [0.2, 0.25) is 0 Å². The van der Waals surface area contributed by atoms with Gasteiger partial charge in [-0.3, -0.25) is 14.8 Å². The Kier molecular flexibility index (Phi) is 3.00. The number of nitrogens with one attached hydrogen (secondary N) is 1. The SMILES string of the molecule is Cc1cnccc1NC(=O)c1ccncc1O. The molecular formula is C12H11N3O2. The van der Waals surface area contributed by atoms with Gasteiger partial charge in [0.05, 0.1) is 11.8 Å². The van der Waals surface area contributed by atoms with Gasteiger partial charge in [-0.05, 0) is 24.6 Å². The Morgan fingerprint density at radius 3 is 2.65 bits per heavy atom. The van der Waals surface area contributed by atoms with Gasteiger partial charge in [0.15, 0.2) is 0 Å². The highest BCUT2D eigenvalue weighted by Crippen LogP contribution is 2.18. The van der Waals surface area contributed by atoms with E-state index in [1.54, 1.807) is 18.5 Å². The van der Waals surface area contributed by atoms with Crippen molar-refractivity contribution in [1.29, 1.82) is 0 Å². The van der Waals surface area contributed by atoms with Crippen molar-refractivity contribution in [3.05, 3.63) is 48.0 Å². The topological polar surface area (TPSA) is 75.1 Å². The Balaban J connectivity index is 2.24. The van der Waals surface area contributed by atoms with Crippen molar-refractivity contribution in [2.24, 2.45) is 0 Å². The van der Waals surface area contributed by atoms with Crippen LogP contribution in [0.3, 0.4) is 0 Å². The smallest absolute Gasteiger partial charge is 0.259 e. The summed E-state index contributed by atoms with van der Waals surface area (Å²) in [5.74, 6) is -0.518. The summed E-state index contributed by atoms with van der Waals surface area (Å²) in [5.41, 5.74) is 1.71. The summed E-state index contributed by atoms with van der Waals surface area (Å²) in [6, 6.07) is 3.16. The Labute approximate surface area is 98.2 Å². The van der Waals surface area contributed by atoms with E-state index in [0.29, 0.717) is 5.69 Å². The first-order valence-electron chi connectivity index (χ1n) is 5.03. The number of carbonyl (C=O) groups excluding carboxylic acids is 1. The van der Waals surface area contributed by atoms with Gasteiger partial charge in [-0.15, -0.1) is 0 Å². The molecular weight excluding hydrogens is 218 g/mol. The first-order valence-corrected chi connectivity index (χ1v) is 5.03. The molecule has 17 heavy (non-hydrogen) atoms. The third-order valence-electron chi connectivity index (χ3n) is 2.31. The average molecular weight is 229 g/mol. The Morgan fingerprint density at radius 1 is 1.24 bits per heavy atom. The number of aromatic hydroxyl groups is 1. The zero-order chi connectivity index (χ0) is 12.3. The fourth-order valence-electron chi connectivity index (χ4n) is 1.38. The minimum absolute atomic E-state index is 0.142. The highest BCUT2D eigenvalue weighted by Gasteiger charge is 2.11. The van der Waals surface area contributed by atoms with E-state index in [9.17, 15) is 9.90 Å². The van der Waals surface area contributed by atoms with Gasteiger partial charge in [0, 0.05) is 24.3 Å². The molecule has 0 unspecified atom stereocenters. The first kappa shape index (κ1) is 11.1. The third-order valence-corrected chi connectivity index (χ3v) is 2.31. The van der Waals surface area contributed by atoms with Gasteiger partial charge in [0.1, 0.15) is 5.75 Å². The Morgan fingerprint density at radius 2 is 1.94 bits per heavy atom. The molecule has 0 aliphatic rings. The van der Waals surface area contributed by atoms with Crippen molar-refractivity contribution in [1.82, 2.24) is 9.97 Å². The molecule has 0 saturated carbocycles. The van der Waals surface area contributed by atoms with Gasteiger partial charge in [-0.25, -0.2) is 0 Å². The van der Waals surface area contributed by atoms with Crippen LogP contribution in [0.4, 0.5) is 5.69 Å². The van der Waals surface area contributed by atoms with Gasteiger partial charge in [-0.2, -0.15) is 0 Å². The van der Waals surface area contributed by atoms with E-state index in [2.05, 4.69) is 15.3 Å². The molecule has 0 radical (unpaired) electrons. The van der Waals surface area contributed by atoms with Crippen LogP contribution in [0.5, 0.6) is 5.75 Å². The predicted octanol–water partition coefficient (Wildman–Crippen LogP) is 1.74. The quantitative estimate of drug-likeness (QED) is 0.822. The second-order valence-electron chi connectivity index (χ2n) is 3.54.